The minimum atomic E-state index is -0.807. The number of nitrogens with one attached hydrogen (secondary N) is 3. The maximum absolute atomic E-state index is 13.2. The number of aliphatic hydroxyl groups is 1. The van der Waals surface area contributed by atoms with E-state index in [9.17, 15) is 14.7 Å². The monoisotopic (exact) mass is 588 g/mol. The van der Waals surface area contributed by atoms with Crippen LogP contribution in [0.4, 0.5) is 0 Å². The largest absolute Gasteiger partial charge is 0.494 e. The molecule has 1 aliphatic carbocycles. The van der Waals surface area contributed by atoms with Crippen LogP contribution >= 0.6 is 0 Å². The zero-order valence-corrected chi connectivity index (χ0v) is 25.8. The van der Waals surface area contributed by atoms with Gasteiger partial charge in [-0.3, -0.25) is 9.59 Å². The highest BCUT2D eigenvalue weighted by Gasteiger charge is 2.44. The van der Waals surface area contributed by atoms with Crippen LogP contribution in [0.3, 0.4) is 0 Å². The SMILES string of the molecule is CCCN1CCCCOc2cc(c3cc[nH]c3c2)CC(C(O)CNC2(c3cccc(CC)c3)CC2)NC(=O)CCCC1=O. The fraction of sp³-hybridized carbons (Fsp3) is 0.543. The number of nitrogens with zero attached hydrogens (tertiary/aromatic N) is 1. The number of aromatic amines is 1. The van der Waals surface area contributed by atoms with Crippen molar-refractivity contribution in [3.8, 4) is 5.75 Å². The normalized spacial score (nSPS) is 20.7. The number of ether oxygens (including phenoxy) is 1. The lowest BCUT2D eigenvalue weighted by Gasteiger charge is -2.28. The highest BCUT2D eigenvalue weighted by atomic mass is 16.5. The molecule has 0 saturated heterocycles. The third-order valence-electron chi connectivity index (χ3n) is 9.00. The molecule has 232 valence electrons. The average molecular weight is 589 g/mol. The number of carbonyl (C=O) groups excluding carboxylic acids is 2. The average Bonchev–Trinajstić information content (AvgIpc) is 3.66. The molecular formula is C35H48N4O4. The van der Waals surface area contributed by atoms with E-state index in [2.05, 4.69) is 53.7 Å². The number of hydrogen-bond acceptors (Lipinski definition) is 5. The summed E-state index contributed by atoms with van der Waals surface area (Å²) in [5.74, 6) is 0.724. The van der Waals surface area contributed by atoms with Crippen LogP contribution < -0.4 is 15.4 Å². The molecule has 0 radical (unpaired) electrons. The second-order valence-electron chi connectivity index (χ2n) is 12.3. The molecule has 2 bridgehead atoms. The van der Waals surface area contributed by atoms with Gasteiger partial charge in [-0.15, -0.1) is 0 Å². The van der Waals surface area contributed by atoms with Crippen LogP contribution in [0.1, 0.15) is 81.9 Å². The Balaban J connectivity index is 1.35. The summed E-state index contributed by atoms with van der Waals surface area (Å²) >= 11 is 0. The molecule has 3 aromatic rings. The van der Waals surface area contributed by atoms with Crippen molar-refractivity contribution in [2.75, 3.05) is 26.2 Å². The van der Waals surface area contributed by atoms with Crippen molar-refractivity contribution in [1.82, 2.24) is 20.5 Å². The number of carbonyl (C=O) groups is 2. The molecule has 5 rings (SSSR count). The van der Waals surface area contributed by atoms with Crippen LogP contribution in [0.15, 0.2) is 48.7 Å². The summed E-state index contributed by atoms with van der Waals surface area (Å²) in [6.45, 7) is 6.59. The highest BCUT2D eigenvalue weighted by Crippen LogP contribution is 2.45. The van der Waals surface area contributed by atoms with Gasteiger partial charge in [0, 0.05) is 61.2 Å². The number of hydrogen-bond donors (Lipinski definition) is 4. The van der Waals surface area contributed by atoms with Crippen molar-refractivity contribution < 1.29 is 19.4 Å². The molecule has 1 aliphatic heterocycles. The van der Waals surface area contributed by atoms with E-state index in [1.807, 2.05) is 29.3 Å². The topological polar surface area (TPSA) is 107 Å². The van der Waals surface area contributed by atoms with Crippen molar-refractivity contribution in [1.29, 1.82) is 0 Å². The van der Waals surface area contributed by atoms with Crippen molar-refractivity contribution in [2.45, 2.75) is 95.7 Å². The van der Waals surface area contributed by atoms with Crippen LogP contribution in [0.5, 0.6) is 5.75 Å². The van der Waals surface area contributed by atoms with Crippen molar-refractivity contribution in [3.63, 3.8) is 0 Å². The summed E-state index contributed by atoms with van der Waals surface area (Å²) in [6.07, 6.45) is 8.31. The first-order valence-corrected chi connectivity index (χ1v) is 16.2. The molecular weight excluding hydrogens is 540 g/mol. The zero-order valence-electron chi connectivity index (χ0n) is 25.8. The summed E-state index contributed by atoms with van der Waals surface area (Å²) in [5, 5.41) is 19.4. The van der Waals surface area contributed by atoms with Crippen LogP contribution in [-0.2, 0) is 28.0 Å². The second-order valence-corrected chi connectivity index (χ2v) is 12.3. The van der Waals surface area contributed by atoms with Gasteiger partial charge in [0.05, 0.1) is 18.8 Å². The molecule has 2 unspecified atom stereocenters. The Hall–Kier alpha value is -3.36. The van der Waals surface area contributed by atoms with E-state index in [1.165, 1.54) is 11.1 Å². The van der Waals surface area contributed by atoms with Crippen molar-refractivity contribution >= 4 is 22.7 Å². The molecule has 43 heavy (non-hydrogen) atoms. The first-order valence-electron chi connectivity index (χ1n) is 16.2. The highest BCUT2D eigenvalue weighted by molar-refractivity contribution is 5.85. The molecule has 1 aromatic heterocycles. The van der Waals surface area contributed by atoms with Crippen LogP contribution in [0, 0.1) is 0 Å². The van der Waals surface area contributed by atoms with Gasteiger partial charge in [0.25, 0.3) is 0 Å². The molecule has 0 spiro atoms. The smallest absolute Gasteiger partial charge is 0.222 e. The summed E-state index contributed by atoms with van der Waals surface area (Å²) in [5.41, 5.74) is 4.43. The predicted molar refractivity (Wildman–Crippen MR) is 170 cm³/mol. The van der Waals surface area contributed by atoms with E-state index in [4.69, 9.17) is 4.74 Å². The predicted octanol–water partition coefficient (Wildman–Crippen LogP) is 4.98. The van der Waals surface area contributed by atoms with Gasteiger partial charge >= 0.3 is 0 Å². The maximum Gasteiger partial charge on any atom is 0.222 e. The molecule has 2 atom stereocenters. The second kappa shape index (κ2) is 14.4. The Morgan fingerprint density at radius 3 is 2.74 bits per heavy atom. The fourth-order valence-electron chi connectivity index (χ4n) is 6.27. The van der Waals surface area contributed by atoms with Crippen LogP contribution in [0.2, 0.25) is 0 Å². The molecule has 2 aromatic carbocycles. The van der Waals surface area contributed by atoms with E-state index in [0.717, 1.165) is 67.3 Å². The third-order valence-corrected chi connectivity index (χ3v) is 9.00. The molecule has 1 saturated carbocycles. The van der Waals surface area contributed by atoms with Gasteiger partial charge in [0.1, 0.15) is 5.75 Å². The van der Waals surface area contributed by atoms with Gasteiger partial charge in [0.15, 0.2) is 0 Å². The van der Waals surface area contributed by atoms with E-state index < -0.39 is 12.1 Å². The van der Waals surface area contributed by atoms with Gasteiger partial charge < -0.3 is 30.4 Å². The number of rotatable bonds is 8. The van der Waals surface area contributed by atoms with Gasteiger partial charge in [0.2, 0.25) is 11.8 Å². The number of aryl methyl sites for hydroxylation is 1. The maximum atomic E-state index is 13.2. The molecule has 2 aliphatic rings. The van der Waals surface area contributed by atoms with Crippen molar-refractivity contribution in [2.24, 2.45) is 0 Å². The summed E-state index contributed by atoms with van der Waals surface area (Å²) in [7, 11) is 0. The van der Waals surface area contributed by atoms with Gasteiger partial charge in [-0.1, -0.05) is 38.1 Å². The first kappa shape index (κ1) is 31.1. The Morgan fingerprint density at radius 2 is 1.95 bits per heavy atom. The number of H-pyrrole nitrogens is 1. The third kappa shape index (κ3) is 7.98. The first-order chi connectivity index (χ1) is 20.9. The lowest BCUT2D eigenvalue weighted by atomic mass is 9.96. The molecule has 8 nitrogen and oxygen atoms in total. The minimum absolute atomic E-state index is 0.100. The van der Waals surface area contributed by atoms with Gasteiger partial charge in [-0.25, -0.2) is 0 Å². The van der Waals surface area contributed by atoms with E-state index in [1.54, 1.807) is 0 Å². The Labute approximate surface area is 255 Å². The standard InChI is InChI=1S/C35H48N4O4/c1-3-17-39-18-5-6-19-43-28-21-26(29-13-16-36-30(29)23-28)22-31(38-33(41)11-8-12-34(39)42)32(40)24-37-35(14-15-35)27-10-7-9-25(4-2)20-27/h7,9-10,13,16,20-21,23,31-32,36-37,40H,3-6,8,11-12,14-15,17-19,22,24H2,1-2H3,(H,38,41). The Morgan fingerprint density at radius 1 is 1.09 bits per heavy atom. The Bertz CT molecular complexity index is 1380. The number of fused-ring (bicyclic) bond motifs is 4. The van der Waals surface area contributed by atoms with Crippen LogP contribution in [-0.4, -0.2) is 65.2 Å². The summed E-state index contributed by atoms with van der Waals surface area (Å²) in [4.78, 5) is 31.3. The van der Waals surface area contributed by atoms with E-state index in [0.29, 0.717) is 39.0 Å². The zero-order chi connectivity index (χ0) is 30.2. The summed E-state index contributed by atoms with van der Waals surface area (Å²) in [6, 6.07) is 14.3. The lowest BCUT2D eigenvalue weighted by Crippen LogP contribution is -2.50. The fourth-order valence-corrected chi connectivity index (χ4v) is 6.27. The minimum Gasteiger partial charge on any atom is -0.494 e. The number of aromatic nitrogens is 1. The van der Waals surface area contributed by atoms with Crippen LogP contribution in [0.25, 0.3) is 10.9 Å². The van der Waals surface area contributed by atoms with Gasteiger partial charge in [-0.2, -0.15) is 0 Å². The molecule has 2 heterocycles. The quantitative estimate of drug-likeness (QED) is 0.297. The van der Waals surface area contributed by atoms with E-state index in [-0.39, 0.29) is 23.8 Å². The molecule has 2 amide bonds. The molecule has 8 heteroatoms. The molecule has 4 N–H and O–H groups in total. The van der Waals surface area contributed by atoms with Gasteiger partial charge in [-0.05, 0) is 80.2 Å². The van der Waals surface area contributed by atoms with E-state index >= 15 is 0 Å². The summed E-state index contributed by atoms with van der Waals surface area (Å²) < 4.78 is 6.17. The number of benzene rings is 2. The molecule has 1 fully saturated rings. The van der Waals surface area contributed by atoms with Crippen molar-refractivity contribution in [3.05, 3.63) is 65.4 Å². The Kier molecular flexibility index (Phi) is 10.4. The number of aliphatic hydroxyl groups excluding tert-OH is 1. The lowest BCUT2D eigenvalue weighted by molar-refractivity contribution is -0.131. The number of amides is 2.